The molecule has 9 heteroatoms. The van der Waals surface area contributed by atoms with Crippen LogP contribution in [-0.2, 0) is 25.0 Å². The molecular weight excluding hydrogens is 476 g/mol. The molecule has 0 unspecified atom stereocenters. The summed E-state index contributed by atoms with van der Waals surface area (Å²) in [5.41, 5.74) is 7.33. The molecule has 8 nitrogen and oxygen atoms in total. The molecule has 1 atom stereocenters. The van der Waals surface area contributed by atoms with Crippen molar-refractivity contribution in [2.45, 2.75) is 50.0 Å². The number of piperidine rings is 1. The Morgan fingerprint density at radius 2 is 1.67 bits per heavy atom. The molecule has 36 heavy (non-hydrogen) atoms. The number of nitrogens with one attached hydrogen (secondary N) is 1. The van der Waals surface area contributed by atoms with E-state index >= 15 is 0 Å². The molecule has 2 aromatic carbocycles. The Hall–Kier alpha value is -2.91. The van der Waals surface area contributed by atoms with Crippen LogP contribution >= 0.6 is 0 Å². The molecule has 0 aromatic heterocycles. The molecule has 2 heterocycles. The Labute approximate surface area is 213 Å². The minimum Gasteiger partial charge on any atom is -0.354 e. The first kappa shape index (κ1) is 26.2. The van der Waals surface area contributed by atoms with Crippen molar-refractivity contribution in [3.63, 3.8) is 0 Å². The number of nitrogens with zero attached hydrogens (tertiary/aromatic N) is 2. The van der Waals surface area contributed by atoms with Crippen molar-refractivity contribution in [1.29, 1.82) is 0 Å². The van der Waals surface area contributed by atoms with Crippen molar-refractivity contribution >= 4 is 27.5 Å². The van der Waals surface area contributed by atoms with E-state index in [1.54, 1.807) is 13.8 Å². The number of nitrogens with two attached hydrogens (primary N) is 1. The summed E-state index contributed by atoms with van der Waals surface area (Å²) in [6, 6.07) is 17.3. The molecule has 3 N–H and O–H groups in total. The van der Waals surface area contributed by atoms with Crippen molar-refractivity contribution in [3.8, 4) is 0 Å². The Morgan fingerprint density at radius 1 is 1.06 bits per heavy atom. The molecule has 2 aliphatic rings. The average Bonchev–Trinajstić information content (AvgIpc) is 3.16. The topological polar surface area (TPSA) is 113 Å². The standard InChI is InChI=1S/C27H36N4O4S/c1-26(2,28)25(33)29-16-13-21(20-9-5-4-6-10-20)24(32)30-17-14-27(15-18-30)19-31(36(3,34)35)23-12-8-7-11-22(23)27/h4-12,21H,13-19,28H2,1-3H3,(H,29,33)/t21-/m1/s1. The number of benzene rings is 2. The molecule has 0 bridgehead atoms. The molecule has 0 aliphatic carbocycles. The van der Waals surface area contributed by atoms with Gasteiger partial charge in [0.2, 0.25) is 21.8 Å². The van der Waals surface area contributed by atoms with Crippen LogP contribution < -0.4 is 15.4 Å². The minimum atomic E-state index is -3.39. The maximum atomic E-state index is 13.7. The van der Waals surface area contributed by atoms with Crippen molar-refractivity contribution in [3.05, 3.63) is 65.7 Å². The second-order valence-electron chi connectivity index (χ2n) is 10.6. The predicted octanol–water partition coefficient (Wildman–Crippen LogP) is 2.35. The van der Waals surface area contributed by atoms with Gasteiger partial charge in [-0.05, 0) is 50.3 Å². The third kappa shape index (κ3) is 5.27. The lowest BCUT2D eigenvalue weighted by atomic mass is 9.74. The van der Waals surface area contributed by atoms with Gasteiger partial charge in [-0.25, -0.2) is 8.42 Å². The number of hydrogen-bond acceptors (Lipinski definition) is 5. The fourth-order valence-electron chi connectivity index (χ4n) is 5.36. The molecule has 1 fully saturated rings. The highest BCUT2D eigenvalue weighted by atomic mass is 32.2. The van der Waals surface area contributed by atoms with Crippen LogP contribution in [0.1, 0.15) is 50.2 Å². The van der Waals surface area contributed by atoms with E-state index in [2.05, 4.69) is 5.32 Å². The summed E-state index contributed by atoms with van der Waals surface area (Å²) in [7, 11) is -3.39. The normalized spacial score (nSPS) is 18.1. The van der Waals surface area contributed by atoms with Crippen molar-refractivity contribution < 1.29 is 18.0 Å². The monoisotopic (exact) mass is 512 g/mol. The van der Waals surface area contributed by atoms with E-state index in [-0.39, 0.29) is 23.1 Å². The van der Waals surface area contributed by atoms with Crippen LogP contribution in [0, 0.1) is 0 Å². The molecule has 4 rings (SSSR count). The number of amides is 2. The fourth-order valence-corrected chi connectivity index (χ4v) is 6.36. The molecule has 194 valence electrons. The van der Waals surface area contributed by atoms with Gasteiger partial charge in [-0.15, -0.1) is 0 Å². The van der Waals surface area contributed by atoms with Gasteiger partial charge in [-0.3, -0.25) is 13.9 Å². The Morgan fingerprint density at radius 3 is 2.28 bits per heavy atom. The van der Waals surface area contributed by atoms with Crippen LogP contribution in [0.4, 0.5) is 5.69 Å². The SMILES string of the molecule is CC(C)(N)C(=O)NCC[C@@H](C(=O)N1CCC2(CC1)CN(S(C)(=O)=O)c1ccccc12)c1ccccc1. The van der Waals surface area contributed by atoms with Crippen molar-refractivity contribution in [1.82, 2.24) is 10.2 Å². The number of para-hydroxylation sites is 1. The van der Waals surface area contributed by atoms with Gasteiger partial charge in [0.25, 0.3) is 0 Å². The first-order valence-electron chi connectivity index (χ1n) is 12.4. The molecule has 1 spiro atoms. The fraction of sp³-hybridized carbons (Fsp3) is 0.481. The average molecular weight is 513 g/mol. The third-order valence-corrected chi connectivity index (χ3v) is 8.55. The quantitative estimate of drug-likeness (QED) is 0.591. The van der Waals surface area contributed by atoms with Gasteiger partial charge in [-0.1, -0.05) is 48.5 Å². The summed E-state index contributed by atoms with van der Waals surface area (Å²) in [6.45, 7) is 5.16. The third-order valence-electron chi connectivity index (χ3n) is 7.43. The van der Waals surface area contributed by atoms with Crippen LogP contribution in [0.2, 0.25) is 0 Å². The predicted molar refractivity (Wildman–Crippen MR) is 141 cm³/mol. The van der Waals surface area contributed by atoms with E-state index in [0.717, 1.165) is 16.8 Å². The van der Waals surface area contributed by atoms with E-state index in [9.17, 15) is 18.0 Å². The van der Waals surface area contributed by atoms with E-state index < -0.39 is 15.6 Å². The lowest BCUT2D eigenvalue weighted by Crippen LogP contribution is -2.50. The second-order valence-corrected chi connectivity index (χ2v) is 12.5. The molecular formula is C27H36N4O4S. The highest BCUT2D eigenvalue weighted by Crippen LogP contribution is 2.48. The number of likely N-dealkylation sites (tertiary alicyclic amines) is 1. The Kier molecular flexibility index (Phi) is 7.16. The van der Waals surface area contributed by atoms with E-state index in [1.165, 1.54) is 10.6 Å². The van der Waals surface area contributed by atoms with Crippen molar-refractivity contribution in [2.24, 2.45) is 5.73 Å². The molecule has 2 amide bonds. The maximum Gasteiger partial charge on any atom is 0.239 e. The minimum absolute atomic E-state index is 0.0311. The summed E-state index contributed by atoms with van der Waals surface area (Å²) in [4.78, 5) is 27.8. The summed E-state index contributed by atoms with van der Waals surface area (Å²) < 4.78 is 26.5. The van der Waals surface area contributed by atoms with Gasteiger partial charge in [-0.2, -0.15) is 0 Å². The van der Waals surface area contributed by atoms with Crippen LogP contribution in [0.25, 0.3) is 0 Å². The smallest absolute Gasteiger partial charge is 0.239 e. The van der Waals surface area contributed by atoms with Gasteiger partial charge in [0.05, 0.1) is 23.4 Å². The van der Waals surface area contributed by atoms with Crippen LogP contribution in [-0.4, -0.2) is 63.1 Å². The summed E-state index contributed by atoms with van der Waals surface area (Å²) in [5, 5.41) is 2.85. The number of rotatable bonds is 7. The number of anilines is 1. The molecule has 0 saturated carbocycles. The van der Waals surface area contributed by atoms with Crippen LogP contribution in [0.5, 0.6) is 0 Å². The second kappa shape index (κ2) is 9.86. The van der Waals surface area contributed by atoms with Gasteiger partial charge in [0.1, 0.15) is 0 Å². The van der Waals surface area contributed by atoms with E-state index in [1.807, 2.05) is 59.5 Å². The maximum absolute atomic E-state index is 13.7. The van der Waals surface area contributed by atoms with Gasteiger partial charge in [0.15, 0.2) is 0 Å². The number of hydrogen-bond donors (Lipinski definition) is 2. The van der Waals surface area contributed by atoms with Crippen LogP contribution in [0.15, 0.2) is 54.6 Å². The zero-order valence-electron chi connectivity index (χ0n) is 21.2. The number of sulfonamides is 1. The number of carbonyl (C=O) groups excluding carboxylic acids is 2. The first-order chi connectivity index (χ1) is 16.9. The van der Waals surface area contributed by atoms with Gasteiger partial charge in [0, 0.05) is 31.6 Å². The molecule has 2 aromatic rings. The van der Waals surface area contributed by atoms with E-state index in [0.29, 0.717) is 45.4 Å². The zero-order chi connectivity index (χ0) is 26.1. The Balaban J connectivity index is 1.49. The summed E-state index contributed by atoms with van der Waals surface area (Å²) >= 11 is 0. The molecule has 0 radical (unpaired) electrons. The van der Waals surface area contributed by atoms with Gasteiger partial charge >= 0.3 is 0 Å². The van der Waals surface area contributed by atoms with Crippen molar-refractivity contribution in [2.75, 3.05) is 36.7 Å². The van der Waals surface area contributed by atoms with Gasteiger partial charge < -0.3 is 16.0 Å². The number of fused-ring (bicyclic) bond motifs is 2. The highest BCUT2D eigenvalue weighted by molar-refractivity contribution is 7.92. The largest absolute Gasteiger partial charge is 0.354 e. The molecule has 2 aliphatic heterocycles. The number of carbonyl (C=O) groups is 2. The lowest BCUT2D eigenvalue weighted by Gasteiger charge is -2.41. The zero-order valence-corrected chi connectivity index (χ0v) is 22.1. The summed E-state index contributed by atoms with van der Waals surface area (Å²) in [6.07, 6.45) is 3.11. The highest BCUT2D eigenvalue weighted by Gasteiger charge is 2.47. The molecule has 1 saturated heterocycles. The van der Waals surface area contributed by atoms with E-state index in [4.69, 9.17) is 5.73 Å². The Bertz CT molecular complexity index is 1220. The first-order valence-corrected chi connectivity index (χ1v) is 14.3. The lowest BCUT2D eigenvalue weighted by molar-refractivity contribution is -0.135. The summed E-state index contributed by atoms with van der Waals surface area (Å²) in [5.74, 6) is -0.606. The van der Waals surface area contributed by atoms with Crippen LogP contribution in [0.3, 0.4) is 0 Å².